The first kappa shape index (κ1) is 10.7. The van der Waals surface area contributed by atoms with Gasteiger partial charge in [-0.05, 0) is 25.7 Å². The van der Waals surface area contributed by atoms with Gasteiger partial charge in [0.2, 0.25) is 0 Å². The lowest BCUT2D eigenvalue weighted by Gasteiger charge is -2.33. The minimum atomic E-state index is -0.770. The third-order valence-corrected chi connectivity index (χ3v) is 3.52. The van der Waals surface area contributed by atoms with Crippen molar-refractivity contribution in [1.82, 2.24) is 10.2 Å². The van der Waals surface area contributed by atoms with Gasteiger partial charge in [-0.2, -0.15) is 0 Å². The maximum absolute atomic E-state index is 10.8. The van der Waals surface area contributed by atoms with Crippen molar-refractivity contribution in [3.8, 4) is 0 Å². The van der Waals surface area contributed by atoms with Crippen molar-refractivity contribution in [3.05, 3.63) is 0 Å². The van der Waals surface area contributed by atoms with Gasteiger partial charge in [-0.15, -0.1) is 0 Å². The molecule has 2 N–H and O–H groups in total. The number of carbonyl (C=O) groups is 1. The SMILES string of the molecule is O=C(O)N1CCC[C@@H](NC2CCCC2)C1. The van der Waals surface area contributed by atoms with Crippen molar-refractivity contribution in [3.63, 3.8) is 0 Å². The molecule has 0 radical (unpaired) electrons. The van der Waals surface area contributed by atoms with E-state index in [4.69, 9.17) is 5.11 Å². The van der Waals surface area contributed by atoms with Crippen molar-refractivity contribution >= 4 is 6.09 Å². The van der Waals surface area contributed by atoms with E-state index in [-0.39, 0.29) is 0 Å². The number of amides is 1. The second kappa shape index (κ2) is 4.84. The Hall–Kier alpha value is -0.770. The summed E-state index contributed by atoms with van der Waals surface area (Å²) in [5, 5.41) is 12.5. The molecule has 1 aliphatic heterocycles. The molecule has 0 aromatic rings. The maximum atomic E-state index is 10.8. The summed E-state index contributed by atoms with van der Waals surface area (Å²) in [6, 6.07) is 1.03. The van der Waals surface area contributed by atoms with E-state index in [1.807, 2.05) is 0 Å². The molecule has 2 aliphatic rings. The quantitative estimate of drug-likeness (QED) is 0.732. The van der Waals surface area contributed by atoms with Gasteiger partial charge in [0.05, 0.1) is 0 Å². The largest absolute Gasteiger partial charge is 0.465 e. The Labute approximate surface area is 90.6 Å². The van der Waals surface area contributed by atoms with E-state index in [2.05, 4.69) is 5.32 Å². The van der Waals surface area contributed by atoms with E-state index in [9.17, 15) is 4.79 Å². The molecule has 0 aromatic carbocycles. The Morgan fingerprint density at radius 2 is 1.80 bits per heavy atom. The molecule has 1 amide bonds. The third kappa shape index (κ3) is 2.84. The second-order valence-electron chi connectivity index (χ2n) is 4.72. The zero-order chi connectivity index (χ0) is 10.7. The second-order valence-corrected chi connectivity index (χ2v) is 4.72. The van der Waals surface area contributed by atoms with E-state index in [1.165, 1.54) is 30.6 Å². The van der Waals surface area contributed by atoms with Gasteiger partial charge in [0.25, 0.3) is 0 Å². The highest BCUT2D eigenvalue weighted by Gasteiger charge is 2.25. The molecule has 1 aliphatic carbocycles. The molecule has 1 saturated heterocycles. The van der Waals surface area contributed by atoms with E-state index in [0.717, 1.165) is 12.8 Å². The molecular weight excluding hydrogens is 192 g/mol. The van der Waals surface area contributed by atoms with E-state index < -0.39 is 6.09 Å². The summed E-state index contributed by atoms with van der Waals surface area (Å²) >= 11 is 0. The monoisotopic (exact) mass is 212 g/mol. The first-order valence-electron chi connectivity index (χ1n) is 5.99. The van der Waals surface area contributed by atoms with Gasteiger partial charge in [-0.3, -0.25) is 0 Å². The summed E-state index contributed by atoms with van der Waals surface area (Å²) in [7, 11) is 0. The number of piperidine rings is 1. The van der Waals surface area contributed by atoms with Crippen LogP contribution in [0, 0.1) is 0 Å². The van der Waals surface area contributed by atoms with Crippen LogP contribution in [0.15, 0.2) is 0 Å². The highest BCUT2D eigenvalue weighted by molar-refractivity contribution is 5.65. The number of likely N-dealkylation sites (tertiary alicyclic amines) is 1. The van der Waals surface area contributed by atoms with Crippen molar-refractivity contribution in [2.75, 3.05) is 13.1 Å². The molecule has 2 rings (SSSR count). The molecule has 2 fully saturated rings. The lowest BCUT2D eigenvalue weighted by atomic mass is 10.0. The fourth-order valence-electron chi connectivity index (χ4n) is 2.71. The van der Waals surface area contributed by atoms with Gasteiger partial charge >= 0.3 is 6.09 Å². The fourth-order valence-corrected chi connectivity index (χ4v) is 2.71. The number of nitrogens with zero attached hydrogens (tertiary/aromatic N) is 1. The molecule has 86 valence electrons. The van der Waals surface area contributed by atoms with Crippen LogP contribution < -0.4 is 5.32 Å². The normalized spacial score (nSPS) is 28.3. The summed E-state index contributed by atoms with van der Waals surface area (Å²) in [5.74, 6) is 0. The van der Waals surface area contributed by atoms with Gasteiger partial charge < -0.3 is 15.3 Å². The Bertz CT molecular complexity index is 227. The van der Waals surface area contributed by atoms with Crippen molar-refractivity contribution in [2.24, 2.45) is 0 Å². The van der Waals surface area contributed by atoms with Crippen LogP contribution in [0.4, 0.5) is 4.79 Å². The molecule has 0 unspecified atom stereocenters. The number of nitrogens with one attached hydrogen (secondary N) is 1. The number of carboxylic acid groups (broad SMARTS) is 1. The average molecular weight is 212 g/mol. The van der Waals surface area contributed by atoms with Crippen LogP contribution in [0.5, 0.6) is 0 Å². The standard InChI is InChI=1S/C11H20N2O2/c14-11(15)13-7-3-6-10(8-13)12-9-4-1-2-5-9/h9-10,12H,1-8H2,(H,14,15)/t10-/m1/s1. The summed E-state index contributed by atoms with van der Waals surface area (Å²) in [6.07, 6.45) is 6.54. The first-order chi connectivity index (χ1) is 7.25. The van der Waals surface area contributed by atoms with Crippen molar-refractivity contribution in [1.29, 1.82) is 0 Å². The minimum Gasteiger partial charge on any atom is -0.465 e. The maximum Gasteiger partial charge on any atom is 0.407 e. The van der Waals surface area contributed by atoms with Crippen LogP contribution >= 0.6 is 0 Å². The zero-order valence-electron chi connectivity index (χ0n) is 9.11. The van der Waals surface area contributed by atoms with Gasteiger partial charge in [-0.25, -0.2) is 4.79 Å². The molecule has 0 aromatic heterocycles. The molecule has 0 spiro atoms. The molecular formula is C11H20N2O2. The number of hydrogen-bond donors (Lipinski definition) is 2. The van der Waals surface area contributed by atoms with Gasteiger partial charge in [0.15, 0.2) is 0 Å². The van der Waals surface area contributed by atoms with Gasteiger partial charge in [0, 0.05) is 25.2 Å². The lowest BCUT2D eigenvalue weighted by Crippen LogP contribution is -2.49. The van der Waals surface area contributed by atoms with Crippen LogP contribution in [0.2, 0.25) is 0 Å². The van der Waals surface area contributed by atoms with E-state index >= 15 is 0 Å². The molecule has 1 heterocycles. The van der Waals surface area contributed by atoms with Crippen LogP contribution in [0.3, 0.4) is 0 Å². The van der Waals surface area contributed by atoms with Crippen molar-refractivity contribution in [2.45, 2.75) is 50.6 Å². The fraction of sp³-hybridized carbons (Fsp3) is 0.909. The van der Waals surface area contributed by atoms with Gasteiger partial charge in [0.1, 0.15) is 0 Å². The van der Waals surface area contributed by atoms with Gasteiger partial charge in [-0.1, -0.05) is 12.8 Å². The molecule has 15 heavy (non-hydrogen) atoms. The minimum absolute atomic E-state index is 0.387. The molecule has 4 heteroatoms. The zero-order valence-corrected chi connectivity index (χ0v) is 9.11. The Kier molecular flexibility index (Phi) is 3.46. The summed E-state index contributed by atoms with van der Waals surface area (Å²) in [4.78, 5) is 12.4. The first-order valence-corrected chi connectivity index (χ1v) is 5.99. The van der Waals surface area contributed by atoms with E-state index in [1.54, 1.807) is 0 Å². The Morgan fingerprint density at radius 1 is 1.13 bits per heavy atom. The average Bonchev–Trinajstić information content (AvgIpc) is 2.71. The van der Waals surface area contributed by atoms with Crippen LogP contribution in [0.1, 0.15) is 38.5 Å². The Morgan fingerprint density at radius 3 is 2.47 bits per heavy atom. The predicted octanol–water partition coefficient (Wildman–Crippen LogP) is 1.66. The third-order valence-electron chi connectivity index (χ3n) is 3.52. The van der Waals surface area contributed by atoms with Crippen molar-refractivity contribution < 1.29 is 9.90 Å². The smallest absolute Gasteiger partial charge is 0.407 e. The predicted molar refractivity (Wildman–Crippen MR) is 58.0 cm³/mol. The summed E-state index contributed by atoms with van der Waals surface area (Å²) in [5.41, 5.74) is 0. The summed E-state index contributed by atoms with van der Waals surface area (Å²) < 4.78 is 0. The molecule has 4 nitrogen and oxygen atoms in total. The number of hydrogen-bond acceptors (Lipinski definition) is 2. The highest BCUT2D eigenvalue weighted by Crippen LogP contribution is 2.20. The van der Waals surface area contributed by atoms with Crippen LogP contribution in [0.25, 0.3) is 0 Å². The van der Waals surface area contributed by atoms with E-state index in [0.29, 0.717) is 25.2 Å². The molecule has 1 atom stereocenters. The van der Waals surface area contributed by atoms with Crippen LogP contribution in [-0.2, 0) is 0 Å². The van der Waals surface area contributed by atoms with Crippen LogP contribution in [-0.4, -0.2) is 41.3 Å². The molecule has 1 saturated carbocycles. The molecule has 0 bridgehead atoms. The Balaban J connectivity index is 1.79. The lowest BCUT2D eigenvalue weighted by molar-refractivity contribution is 0.124. The number of rotatable bonds is 2. The topological polar surface area (TPSA) is 52.6 Å². The summed E-state index contributed by atoms with van der Waals surface area (Å²) in [6.45, 7) is 1.38. The highest BCUT2D eigenvalue weighted by atomic mass is 16.4.